The van der Waals surface area contributed by atoms with Crippen molar-refractivity contribution in [2.75, 3.05) is 0 Å². The van der Waals surface area contributed by atoms with Gasteiger partial charge in [0.15, 0.2) is 5.65 Å². The van der Waals surface area contributed by atoms with Gasteiger partial charge in [-0.3, -0.25) is 10.2 Å². The Labute approximate surface area is 128 Å². The van der Waals surface area contributed by atoms with Crippen molar-refractivity contribution in [2.45, 2.75) is 17.7 Å². The highest BCUT2D eigenvalue weighted by atomic mass is 32.2. The lowest BCUT2D eigenvalue weighted by Crippen LogP contribution is -2.29. The molecule has 108 valence electrons. The summed E-state index contributed by atoms with van der Waals surface area (Å²) in [6.07, 6.45) is 3.10. The Morgan fingerprint density at radius 3 is 3.14 bits per heavy atom. The quantitative estimate of drug-likeness (QED) is 0.221. The van der Waals surface area contributed by atoms with Crippen LogP contribution in [-0.4, -0.2) is 25.8 Å². The standard InChI is InChI=1S/C12H12N6OS2/c1-6-7(2-8(21-6)11(19)18-13)3-20-12-9-10(15-4-14-9)16-5-17-12/h2,4-5H,3,13H2,1H3,(H,18,19)(H,14,15,16,17). The fraction of sp³-hybridized carbons (Fsp3) is 0.167. The van der Waals surface area contributed by atoms with Crippen LogP contribution in [0.2, 0.25) is 0 Å². The summed E-state index contributed by atoms with van der Waals surface area (Å²) in [7, 11) is 0. The summed E-state index contributed by atoms with van der Waals surface area (Å²) < 4.78 is 0. The number of nitrogens with two attached hydrogens (primary N) is 1. The normalized spacial score (nSPS) is 11.0. The first-order chi connectivity index (χ1) is 10.2. The van der Waals surface area contributed by atoms with Gasteiger partial charge in [0.2, 0.25) is 0 Å². The van der Waals surface area contributed by atoms with E-state index in [0.717, 1.165) is 21.0 Å². The first-order valence-electron chi connectivity index (χ1n) is 6.06. The number of nitrogen functional groups attached to an aromatic ring is 1. The third-order valence-corrected chi connectivity index (χ3v) is 5.06. The monoisotopic (exact) mass is 320 g/mol. The van der Waals surface area contributed by atoms with Gasteiger partial charge in [-0.15, -0.1) is 11.3 Å². The molecule has 0 aliphatic carbocycles. The third kappa shape index (κ3) is 2.75. The van der Waals surface area contributed by atoms with E-state index in [1.165, 1.54) is 17.7 Å². The molecule has 3 heterocycles. The summed E-state index contributed by atoms with van der Waals surface area (Å²) in [6, 6.07) is 1.86. The van der Waals surface area contributed by atoms with Crippen LogP contribution < -0.4 is 11.3 Å². The molecule has 0 bridgehead atoms. The predicted octanol–water partition coefficient (Wildman–Crippen LogP) is 1.62. The Balaban J connectivity index is 1.80. The van der Waals surface area contributed by atoms with Crippen molar-refractivity contribution in [3.05, 3.63) is 34.0 Å². The molecule has 21 heavy (non-hydrogen) atoms. The maximum Gasteiger partial charge on any atom is 0.275 e. The molecule has 0 aromatic carbocycles. The number of nitrogens with zero attached hydrogens (tertiary/aromatic N) is 3. The van der Waals surface area contributed by atoms with Crippen molar-refractivity contribution in [3.8, 4) is 0 Å². The Bertz CT molecular complexity index is 796. The summed E-state index contributed by atoms with van der Waals surface area (Å²) in [6.45, 7) is 1.99. The molecule has 0 saturated carbocycles. The zero-order valence-corrected chi connectivity index (χ0v) is 12.7. The number of amides is 1. The number of nitrogens with one attached hydrogen (secondary N) is 2. The predicted molar refractivity (Wildman–Crippen MR) is 82.0 cm³/mol. The second-order valence-electron chi connectivity index (χ2n) is 4.23. The number of hydrogen-bond acceptors (Lipinski definition) is 7. The van der Waals surface area contributed by atoms with E-state index in [1.807, 2.05) is 13.0 Å². The van der Waals surface area contributed by atoms with Gasteiger partial charge in [-0.2, -0.15) is 0 Å². The van der Waals surface area contributed by atoms with Crippen LogP contribution in [0.1, 0.15) is 20.1 Å². The smallest absolute Gasteiger partial charge is 0.275 e. The van der Waals surface area contributed by atoms with Gasteiger partial charge in [-0.25, -0.2) is 20.8 Å². The van der Waals surface area contributed by atoms with E-state index in [-0.39, 0.29) is 5.91 Å². The number of carbonyl (C=O) groups excluding carboxylic acids is 1. The number of aryl methyl sites for hydroxylation is 1. The number of imidazole rings is 1. The topological polar surface area (TPSA) is 110 Å². The largest absolute Gasteiger partial charge is 0.341 e. The molecule has 0 fully saturated rings. The summed E-state index contributed by atoms with van der Waals surface area (Å²) in [5, 5.41) is 0.841. The van der Waals surface area contributed by atoms with Crippen LogP contribution in [0.5, 0.6) is 0 Å². The minimum Gasteiger partial charge on any atom is -0.341 e. The number of rotatable bonds is 4. The number of aromatic nitrogens is 4. The molecule has 0 aliphatic rings. The van der Waals surface area contributed by atoms with Crippen LogP contribution in [-0.2, 0) is 5.75 Å². The maximum atomic E-state index is 11.5. The van der Waals surface area contributed by atoms with Crippen LogP contribution in [0.15, 0.2) is 23.7 Å². The lowest BCUT2D eigenvalue weighted by atomic mass is 10.3. The minimum atomic E-state index is -0.266. The molecule has 1 amide bonds. The SMILES string of the molecule is Cc1sc(C(=O)NN)cc1CSc1ncnc2nc[nH]c12. The number of hydrogen-bond donors (Lipinski definition) is 3. The molecule has 0 radical (unpaired) electrons. The minimum absolute atomic E-state index is 0.266. The number of carbonyl (C=O) groups is 1. The van der Waals surface area contributed by atoms with Gasteiger partial charge in [-0.1, -0.05) is 11.8 Å². The number of H-pyrrole nitrogens is 1. The van der Waals surface area contributed by atoms with Gasteiger partial charge in [0, 0.05) is 10.6 Å². The highest BCUT2D eigenvalue weighted by Crippen LogP contribution is 2.30. The zero-order chi connectivity index (χ0) is 14.8. The number of hydrazine groups is 1. The number of aromatic amines is 1. The van der Waals surface area contributed by atoms with Gasteiger partial charge in [0.05, 0.1) is 11.2 Å². The molecule has 0 aliphatic heterocycles. The summed E-state index contributed by atoms with van der Waals surface area (Å²) in [5.41, 5.74) is 4.72. The maximum absolute atomic E-state index is 11.5. The van der Waals surface area contributed by atoms with E-state index in [1.54, 1.807) is 18.1 Å². The average Bonchev–Trinajstić information content (AvgIpc) is 3.11. The van der Waals surface area contributed by atoms with Crippen LogP contribution in [0.25, 0.3) is 11.2 Å². The van der Waals surface area contributed by atoms with Crippen LogP contribution in [0, 0.1) is 6.92 Å². The van der Waals surface area contributed by atoms with Crippen LogP contribution >= 0.6 is 23.1 Å². The fourth-order valence-electron chi connectivity index (χ4n) is 1.84. The van der Waals surface area contributed by atoms with Crippen molar-refractivity contribution in [3.63, 3.8) is 0 Å². The molecular weight excluding hydrogens is 308 g/mol. The molecule has 0 spiro atoms. The molecule has 0 unspecified atom stereocenters. The average molecular weight is 320 g/mol. The van der Waals surface area contributed by atoms with Crippen molar-refractivity contribution in [2.24, 2.45) is 5.84 Å². The number of fused-ring (bicyclic) bond motifs is 1. The van der Waals surface area contributed by atoms with E-state index in [4.69, 9.17) is 5.84 Å². The second kappa shape index (κ2) is 5.80. The third-order valence-electron chi connectivity index (χ3n) is 2.93. The van der Waals surface area contributed by atoms with Gasteiger partial charge >= 0.3 is 0 Å². The highest BCUT2D eigenvalue weighted by molar-refractivity contribution is 7.98. The van der Waals surface area contributed by atoms with Crippen molar-refractivity contribution < 1.29 is 4.79 Å². The van der Waals surface area contributed by atoms with Gasteiger partial charge in [0.25, 0.3) is 5.91 Å². The van der Waals surface area contributed by atoms with E-state index in [0.29, 0.717) is 16.3 Å². The number of thiophene rings is 1. The first kappa shape index (κ1) is 14.0. The van der Waals surface area contributed by atoms with E-state index in [2.05, 4.69) is 25.4 Å². The Kier molecular flexibility index (Phi) is 3.86. The van der Waals surface area contributed by atoms with Gasteiger partial charge in [-0.05, 0) is 18.6 Å². The molecule has 3 aromatic rings. The number of thioether (sulfide) groups is 1. The molecule has 3 aromatic heterocycles. The van der Waals surface area contributed by atoms with Crippen LogP contribution in [0.4, 0.5) is 0 Å². The summed E-state index contributed by atoms with van der Waals surface area (Å²) in [5.74, 6) is 5.60. The summed E-state index contributed by atoms with van der Waals surface area (Å²) >= 11 is 3.00. The Morgan fingerprint density at radius 1 is 1.48 bits per heavy atom. The molecule has 0 atom stereocenters. The van der Waals surface area contributed by atoms with Crippen molar-refractivity contribution >= 4 is 40.2 Å². The molecule has 4 N–H and O–H groups in total. The summed E-state index contributed by atoms with van der Waals surface area (Å²) in [4.78, 5) is 28.7. The second-order valence-corrected chi connectivity index (χ2v) is 6.45. The lowest BCUT2D eigenvalue weighted by molar-refractivity contribution is 0.0957. The first-order valence-corrected chi connectivity index (χ1v) is 7.86. The lowest BCUT2D eigenvalue weighted by Gasteiger charge is -2.01. The van der Waals surface area contributed by atoms with Crippen LogP contribution in [0.3, 0.4) is 0 Å². The Hall–Kier alpha value is -1.97. The van der Waals surface area contributed by atoms with E-state index < -0.39 is 0 Å². The molecule has 3 rings (SSSR count). The van der Waals surface area contributed by atoms with Gasteiger partial charge < -0.3 is 4.98 Å². The molecule has 0 saturated heterocycles. The van der Waals surface area contributed by atoms with E-state index in [9.17, 15) is 4.79 Å². The Morgan fingerprint density at radius 2 is 2.33 bits per heavy atom. The van der Waals surface area contributed by atoms with Crippen molar-refractivity contribution in [1.82, 2.24) is 25.4 Å². The molecule has 9 heteroatoms. The van der Waals surface area contributed by atoms with Crippen molar-refractivity contribution in [1.29, 1.82) is 0 Å². The van der Waals surface area contributed by atoms with E-state index >= 15 is 0 Å². The fourth-order valence-corrected chi connectivity index (χ4v) is 3.89. The molecular formula is C12H12N6OS2. The molecule has 7 nitrogen and oxygen atoms in total. The zero-order valence-electron chi connectivity index (χ0n) is 11.1. The highest BCUT2D eigenvalue weighted by Gasteiger charge is 2.13. The van der Waals surface area contributed by atoms with Gasteiger partial charge in [0.1, 0.15) is 16.9 Å².